The Bertz CT molecular complexity index is 699. The molecule has 1 saturated heterocycles. The van der Waals surface area contributed by atoms with E-state index in [1.54, 1.807) is 18.2 Å². The molecule has 24 heavy (non-hydrogen) atoms. The average Bonchev–Trinajstić information content (AvgIpc) is 3.14. The van der Waals surface area contributed by atoms with E-state index in [1.807, 2.05) is 29.2 Å². The van der Waals surface area contributed by atoms with Crippen molar-refractivity contribution in [3.63, 3.8) is 0 Å². The van der Waals surface area contributed by atoms with Crippen LogP contribution in [0.1, 0.15) is 18.4 Å². The topological polar surface area (TPSA) is 41.6 Å². The van der Waals surface area contributed by atoms with Gasteiger partial charge in [-0.1, -0.05) is 30.3 Å². The van der Waals surface area contributed by atoms with Crippen molar-refractivity contribution in [1.82, 2.24) is 4.90 Å². The summed E-state index contributed by atoms with van der Waals surface area (Å²) in [5, 5.41) is 3.06. The van der Waals surface area contributed by atoms with Gasteiger partial charge in [0.2, 0.25) is 0 Å². The number of ether oxygens (including phenoxy) is 1. The highest BCUT2D eigenvalue weighted by atomic mass is 19.1. The molecule has 0 atom stereocenters. The highest BCUT2D eigenvalue weighted by molar-refractivity contribution is 5.78. The molecule has 2 aromatic carbocycles. The molecule has 3 rings (SSSR count). The number of amides is 1. The Hall–Kier alpha value is -2.56. The third-order valence-corrected chi connectivity index (χ3v) is 4.13. The number of anilines is 1. The predicted octanol–water partition coefficient (Wildman–Crippen LogP) is 3.44. The molecule has 0 radical (unpaired) electrons. The first-order valence-corrected chi connectivity index (χ1v) is 8.21. The zero-order valence-corrected chi connectivity index (χ0v) is 13.5. The number of likely N-dealkylation sites (tertiary alicyclic amines) is 1. The zero-order chi connectivity index (χ0) is 16.8. The van der Waals surface area contributed by atoms with Gasteiger partial charge in [0.25, 0.3) is 5.91 Å². The van der Waals surface area contributed by atoms with Crippen LogP contribution in [0.2, 0.25) is 0 Å². The van der Waals surface area contributed by atoms with E-state index >= 15 is 0 Å². The average molecular weight is 328 g/mol. The van der Waals surface area contributed by atoms with Crippen LogP contribution in [0.15, 0.2) is 48.5 Å². The molecular weight excluding hydrogens is 307 g/mol. The second kappa shape index (κ2) is 7.81. The maximum absolute atomic E-state index is 13.7. The second-order valence-electron chi connectivity index (χ2n) is 5.82. The summed E-state index contributed by atoms with van der Waals surface area (Å²) >= 11 is 0. The molecule has 1 amide bonds. The third-order valence-electron chi connectivity index (χ3n) is 4.13. The summed E-state index contributed by atoms with van der Waals surface area (Å²) in [6, 6.07) is 14.0. The Morgan fingerprint density at radius 3 is 2.58 bits per heavy atom. The molecule has 0 bridgehead atoms. The van der Waals surface area contributed by atoms with Gasteiger partial charge in [-0.25, -0.2) is 4.39 Å². The van der Waals surface area contributed by atoms with Gasteiger partial charge in [-0.3, -0.25) is 4.79 Å². The third kappa shape index (κ3) is 4.04. The molecular formula is C19H21FN2O2. The number of carbonyl (C=O) groups excluding carboxylic acids is 1. The van der Waals surface area contributed by atoms with Gasteiger partial charge >= 0.3 is 0 Å². The first-order chi connectivity index (χ1) is 11.7. The Balaban J connectivity index is 1.60. The monoisotopic (exact) mass is 328 g/mol. The van der Waals surface area contributed by atoms with Crippen LogP contribution < -0.4 is 10.1 Å². The van der Waals surface area contributed by atoms with Crippen LogP contribution in [0.3, 0.4) is 0 Å². The number of rotatable bonds is 6. The lowest BCUT2D eigenvalue weighted by atomic mass is 10.2. The fraction of sp³-hybridized carbons (Fsp3) is 0.316. The van der Waals surface area contributed by atoms with Crippen LogP contribution in [0, 0.1) is 5.82 Å². The maximum Gasteiger partial charge on any atom is 0.260 e. The van der Waals surface area contributed by atoms with Gasteiger partial charge in [-0.15, -0.1) is 0 Å². The van der Waals surface area contributed by atoms with E-state index < -0.39 is 0 Å². The summed E-state index contributed by atoms with van der Waals surface area (Å²) in [4.78, 5) is 13.9. The van der Waals surface area contributed by atoms with Gasteiger partial charge < -0.3 is 15.0 Å². The van der Waals surface area contributed by atoms with Crippen molar-refractivity contribution in [2.24, 2.45) is 0 Å². The van der Waals surface area contributed by atoms with Crippen LogP contribution in [0.25, 0.3) is 0 Å². The van der Waals surface area contributed by atoms with E-state index in [1.165, 1.54) is 6.07 Å². The lowest BCUT2D eigenvalue weighted by Crippen LogP contribution is -2.32. The Labute approximate surface area is 141 Å². The number of carbonyl (C=O) groups is 1. The fourth-order valence-corrected chi connectivity index (χ4v) is 2.78. The van der Waals surface area contributed by atoms with Gasteiger partial charge in [0.05, 0.1) is 5.69 Å². The summed E-state index contributed by atoms with van der Waals surface area (Å²) in [7, 11) is 0. The highest BCUT2D eigenvalue weighted by Crippen LogP contribution is 2.21. The molecule has 4 nitrogen and oxygen atoms in total. The normalized spacial score (nSPS) is 13.8. The number of nitrogens with zero attached hydrogens (tertiary/aromatic N) is 1. The first-order valence-electron chi connectivity index (χ1n) is 8.21. The number of para-hydroxylation sites is 2. The van der Waals surface area contributed by atoms with E-state index in [-0.39, 0.29) is 18.3 Å². The number of halogens is 1. The second-order valence-corrected chi connectivity index (χ2v) is 5.82. The SMILES string of the molecule is O=C(COc1ccccc1CNc1ccccc1F)N1CCCC1. The molecule has 2 aromatic rings. The van der Waals surface area contributed by atoms with E-state index in [0.29, 0.717) is 18.0 Å². The van der Waals surface area contributed by atoms with Crippen LogP contribution >= 0.6 is 0 Å². The summed E-state index contributed by atoms with van der Waals surface area (Å²) in [6.45, 7) is 2.10. The standard InChI is InChI=1S/C19H21FN2O2/c20-16-8-2-3-9-17(16)21-13-15-7-1-4-10-18(15)24-14-19(23)22-11-5-6-12-22/h1-4,7-10,21H,5-6,11-14H2. The van der Waals surface area contributed by atoms with Crippen molar-refractivity contribution >= 4 is 11.6 Å². The number of hydrogen-bond donors (Lipinski definition) is 1. The Morgan fingerprint density at radius 1 is 1.08 bits per heavy atom. The van der Waals surface area contributed by atoms with Crippen LogP contribution in [0.4, 0.5) is 10.1 Å². The molecule has 0 aliphatic carbocycles. The summed E-state index contributed by atoms with van der Waals surface area (Å²) in [5.74, 6) is 0.373. The van der Waals surface area contributed by atoms with E-state index in [4.69, 9.17) is 4.74 Å². The van der Waals surface area contributed by atoms with Crippen LogP contribution in [-0.4, -0.2) is 30.5 Å². The lowest BCUT2D eigenvalue weighted by Gasteiger charge is -2.17. The molecule has 1 aliphatic rings. The minimum absolute atomic E-state index is 0.0179. The largest absolute Gasteiger partial charge is 0.483 e. The molecule has 0 aromatic heterocycles. The maximum atomic E-state index is 13.7. The minimum atomic E-state index is -0.292. The van der Waals surface area contributed by atoms with E-state index in [9.17, 15) is 9.18 Å². The minimum Gasteiger partial charge on any atom is -0.483 e. The van der Waals surface area contributed by atoms with Crippen molar-refractivity contribution in [2.45, 2.75) is 19.4 Å². The molecule has 5 heteroatoms. The predicted molar refractivity (Wildman–Crippen MR) is 91.5 cm³/mol. The van der Waals surface area contributed by atoms with Crippen LogP contribution in [0.5, 0.6) is 5.75 Å². The van der Waals surface area contributed by atoms with Crippen molar-refractivity contribution in [2.75, 3.05) is 25.0 Å². The molecule has 0 spiro atoms. The lowest BCUT2D eigenvalue weighted by molar-refractivity contribution is -0.132. The molecule has 1 aliphatic heterocycles. The van der Waals surface area contributed by atoms with Crippen molar-refractivity contribution in [1.29, 1.82) is 0 Å². The molecule has 126 valence electrons. The Kier molecular flexibility index (Phi) is 5.31. The molecule has 1 fully saturated rings. The van der Waals surface area contributed by atoms with E-state index in [0.717, 1.165) is 31.5 Å². The summed E-state index contributed by atoms with van der Waals surface area (Å²) < 4.78 is 19.4. The van der Waals surface area contributed by atoms with Crippen LogP contribution in [-0.2, 0) is 11.3 Å². The molecule has 1 heterocycles. The van der Waals surface area contributed by atoms with Crippen molar-refractivity contribution in [3.8, 4) is 5.75 Å². The summed E-state index contributed by atoms with van der Waals surface area (Å²) in [6.07, 6.45) is 2.13. The molecule has 0 saturated carbocycles. The van der Waals surface area contributed by atoms with Gasteiger partial charge in [0.1, 0.15) is 11.6 Å². The van der Waals surface area contributed by atoms with Crippen molar-refractivity contribution in [3.05, 3.63) is 59.9 Å². The van der Waals surface area contributed by atoms with Gasteiger partial charge in [-0.05, 0) is 31.0 Å². The van der Waals surface area contributed by atoms with Crippen molar-refractivity contribution < 1.29 is 13.9 Å². The van der Waals surface area contributed by atoms with Gasteiger partial charge in [0.15, 0.2) is 6.61 Å². The number of benzene rings is 2. The highest BCUT2D eigenvalue weighted by Gasteiger charge is 2.18. The zero-order valence-electron chi connectivity index (χ0n) is 13.5. The summed E-state index contributed by atoms with van der Waals surface area (Å²) in [5.41, 5.74) is 1.33. The Morgan fingerprint density at radius 2 is 1.79 bits per heavy atom. The number of hydrogen-bond acceptors (Lipinski definition) is 3. The quantitative estimate of drug-likeness (QED) is 0.883. The molecule has 1 N–H and O–H groups in total. The fourth-order valence-electron chi connectivity index (χ4n) is 2.78. The van der Waals surface area contributed by atoms with E-state index in [2.05, 4.69) is 5.32 Å². The smallest absolute Gasteiger partial charge is 0.260 e. The molecule has 0 unspecified atom stereocenters. The first kappa shape index (κ1) is 16.3. The van der Waals surface area contributed by atoms with Gasteiger partial charge in [0, 0.05) is 25.2 Å². The van der Waals surface area contributed by atoms with Gasteiger partial charge in [-0.2, -0.15) is 0 Å². The number of nitrogens with one attached hydrogen (secondary N) is 1.